The van der Waals surface area contributed by atoms with Gasteiger partial charge < -0.3 is 9.73 Å². The molecule has 7 heteroatoms. The molecule has 0 saturated carbocycles. The van der Waals surface area contributed by atoms with Gasteiger partial charge in [-0.2, -0.15) is 0 Å². The fourth-order valence-corrected chi connectivity index (χ4v) is 2.65. The number of benzene rings is 1. The Morgan fingerprint density at radius 3 is 2.67 bits per heavy atom. The summed E-state index contributed by atoms with van der Waals surface area (Å²) in [5, 5.41) is 15.6. The second-order valence-electron chi connectivity index (χ2n) is 4.53. The molecule has 21 heavy (non-hydrogen) atoms. The molecular weight excluding hydrogens is 286 g/mol. The van der Waals surface area contributed by atoms with Crippen LogP contribution in [-0.4, -0.2) is 26.3 Å². The van der Waals surface area contributed by atoms with Crippen LogP contribution in [-0.2, 0) is 0 Å². The zero-order valence-corrected chi connectivity index (χ0v) is 12.6. The van der Waals surface area contributed by atoms with E-state index in [1.807, 2.05) is 44.2 Å². The van der Waals surface area contributed by atoms with Crippen LogP contribution in [0.25, 0.3) is 10.8 Å². The minimum absolute atomic E-state index is 0.112. The molecule has 0 aliphatic rings. The second kappa shape index (κ2) is 6.11. The number of rotatable bonds is 5. The van der Waals surface area contributed by atoms with Gasteiger partial charge in [0, 0.05) is 0 Å². The third-order valence-electron chi connectivity index (χ3n) is 3.07. The Morgan fingerprint density at radius 2 is 2.00 bits per heavy atom. The molecule has 3 rings (SSSR count). The van der Waals surface area contributed by atoms with Gasteiger partial charge in [0.25, 0.3) is 5.89 Å². The van der Waals surface area contributed by atoms with Gasteiger partial charge in [0.1, 0.15) is 10.9 Å². The van der Waals surface area contributed by atoms with Crippen molar-refractivity contribution >= 4 is 11.5 Å². The first-order valence-corrected chi connectivity index (χ1v) is 7.48. The lowest BCUT2D eigenvalue weighted by molar-refractivity contribution is 0.445. The number of hydrogen-bond acceptors (Lipinski definition) is 7. The van der Waals surface area contributed by atoms with Gasteiger partial charge in [0.15, 0.2) is 0 Å². The highest BCUT2D eigenvalue weighted by molar-refractivity contribution is 7.09. The first-order chi connectivity index (χ1) is 10.3. The summed E-state index contributed by atoms with van der Waals surface area (Å²) < 4.78 is 9.72. The molecule has 0 spiro atoms. The molecule has 0 saturated heterocycles. The summed E-state index contributed by atoms with van der Waals surface area (Å²) in [6.07, 6.45) is 0. The van der Waals surface area contributed by atoms with Crippen molar-refractivity contribution in [2.75, 3.05) is 6.54 Å². The Bertz CT molecular complexity index is 709. The molecule has 2 heterocycles. The molecule has 108 valence electrons. The zero-order valence-electron chi connectivity index (χ0n) is 11.8. The SMILES string of the molecule is CCNC(c1ccccc1)c1nnc(-c2snnc2C)o1. The van der Waals surface area contributed by atoms with Crippen LogP contribution in [0, 0.1) is 6.92 Å². The third kappa shape index (κ3) is 2.84. The highest BCUT2D eigenvalue weighted by atomic mass is 32.1. The van der Waals surface area contributed by atoms with E-state index in [9.17, 15) is 0 Å². The van der Waals surface area contributed by atoms with E-state index in [1.165, 1.54) is 11.5 Å². The average Bonchev–Trinajstić information content (AvgIpc) is 3.14. The van der Waals surface area contributed by atoms with Crippen LogP contribution in [0.1, 0.15) is 30.1 Å². The molecule has 0 radical (unpaired) electrons. The molecule has 0 aliphatic heterocycles. The third-order valence-corrected chi connectivity index (χ3v) is 3.89. The molecule has 3 aromatic rings. The first-order valence-electron chi connectivity index (χ1n) is 6.70. The van der Waals surface area contributed by atoms with E-state index in [1.54, 1.807) is 0 Å². The molecule has 1 unspecified atom stereocenters. The fourth-order valence-electron chi connectivity index (χ4n) is 2.07. The summed E-state index contributed by atoms with van der Waals surface area (Å²) in [5.74, 6) is 1.02. The molecular formula is C14H15N5OS. The Kier molecular flexibility index (Phi) is 4.03. The molecule has 0 fully saturated rings. The Morgan fingerprint density at radius 1 is 1.19 bits per heavy atom. The quantitative estimate of drug-likeness (QED) is 0.780. The Balaban J connectivity index is 1.94. The fraction of sp³-hybridized carbons (Fsp3) is 0.286. The van der Waals surface area contributed by atoms with Gasteiger partial charge in [0.05, 0.1) is 5.69 Å². The summed E-state index contributed by atoms with van der Waals surface area (Å²) in [7, 11) is 0. The maximum absolute atomic E-state index is 5.82. The lowest BCUT2D eigenvalue weighted by atomic mass is 10.1. The van der Waals surface area contributed by atoms with Crippen LogP contribution >= 0.6 is 11.5 Å². The van der Waals surface area contributed by atoms with Crippen LogP contribution < -0.4 is 5.32 Å². The summed E-state index contributed by atoms with van der Waals surface area (Å²) in [6.45, 7) is 4.73. The van der Waals surface area contributed by atoms with Crippen molar-refractivity contribution in [3.05, 3.63) is 47.5 Å². The van der Waals surface area contributed by atoms with E-state index >= 15 is 0 Å². The smallest absolute Gasteiger partial charge is 0.261 e. The Labute approximate surface area is 126 Å². The maximum Gasteiger partial charge on any atom is 0.261 e. The summed E-state index contributed by atoms with van der Waals surface area (Å²) in [4.78, 5) is 0.817. The molecule has 1 atom stereocenters. The van der Waals surface area contributed by atoms with Crippen LogP contribution in [0.5, 0.6) is 0 Å². The average molecular weight is 301 g/mol. The van der Waals surface area contributed by atoms with Crippen molar-refractivity contribution < 1.29 is 4.42 Å². The van der Waals surface area contributed by atoms with Crippen molar-refractivity contribution in [3.63, 3.8) is 0 Å². The van der Waals surface area contributed by atoms with Crippen LogP contribution in [0.4, 0.5) is 0 Å². The van der Waals surface area contributed by atoms with Gasteiger partial charge in [-0.1, -0.05) is 41.7 Å². The van der Waals surface area contributed by atoms with Crippen molar-refractivity contribution in [3.8, 4) is 10.8 Å². The monoisotopic (exact) mass is 301 g/mol. The van der Waals surface area contributed by atoms with E-state index in [0.717, 1.165) is 22.7 Å². The van der Waals surface area contributed by atoms with Crippen LogP contribution in [0.15, 0.2) is 34.7 Å². The van der Waals surface area contributed by atoms with Crippen LogP contribution in [0.3, 0.4) is 0 Å². The standard InChI is InChI=1S/C14H15N5OS/c1-3-15-11(10-7-5-4-6-8-10)13-17-18-14(20-13)12-9(2)16-19-21-12/h4-8,11,15H,3H2,1-2H3. The van der Waals surface area contributed by atoms with Crippen LogP contribution in [0.2, 0.25) is 0 Å². The first kappa shape index (κ1) is 13.8. The van der Waals surface area contributed by atoms with E-state index in [4.69, 9.17) is 4.42 Å². The molecule has 0 bridgehead atoms. The van der Waals surface area contributed by atoms with E-state index < -0.39 is 0 Å². The number of aromatic nitrogens is 4. The molecule has 1 aromatic carbocycles. The lowest BCUT2D eigenvalue weighted by Gasteiger charge is -2.13. The summed E-state index contributed by atoms with van der Waals surface area (Å²) in [6, 6.07) is 9.94. The van der Waals surface area contributed by atoms with Gasteiger partial charge in [-0.05, 0) is 30.6 Å². The van der Waals surface area contributed by atoms with Crippen molar-refractivity contribution in [2.45, 2.75) is 19.9 Å². The molecule has 0 aliphatic carbocycles. The number of hydrogen-bond donors (Lipinski definition) is 1. The van der Waals surface area contributed by atoms with E-state index in [0.29, 0.717) is 11.8 Å². The van der Waals surface area contributed by atoms with E-state index in [2.05, 4.69) is 25.1 Å². The molecule has 2 aromatic heterocycles. The highest BCUT2D eigenvalue weighted by Gasteiger charge is 2.21. The molecule has 1 N–H and O–H groups in total. The van der Waals surface area contributed by atoms with E-state index in [-0.39, 0.29) is 6.04 Å². The predicted octanol–water partition coefficient (Wildman–Crippen LogP) is 2.60. The van der Waals surface area contributed by atoms with Gasteiger partial charge in [0.2, 0.25) is 5.89 Å². The van der Waals surface area contributed by atoms with Gasteiger partial charge in [-0.15, -0.1) is 15.3 Å². The zero-order chi connectivity index (χ0) is 14.7. The topological polar surface area (TPSA) is 76.7 Å². The highest BCUT2D eigenvalue weighted by Crippen LogP contribution is 2.27. The van der Waals surface area contributed by atoms with Gasteiger partial charge in [-0.25, -0.2) is 0 Å². The Hall–Kier alpha value is -2.12. The molecule has 0 amide bonds. The number of nitrogens with one attached hydrogen (secondary N) is 1. The van der Waals surface area contributed by atoms with Crippen molar-refractivity contribution in [1.82, 2.24) is 25.1 Å². The van der Waals surface area contributed by atoms with Crippen molar-refractivity contribution in [1.29, 1.82) is 0 Å². The van der Waals surface area contributed by atoms with Gasteiger partial charge in [-0.3, -0.25) is 0 Å². The minimum atomic E-state index is -0.112. The summed E-state index contributed by atoms with van der Waals surface area (Å²) >= 11 is 1.26. The lowest BCUT2D eigenvalue weighted by Crippen LogP contribution is -2.22. The number of aryl methyl sites for hydroxylation is 1. The van der Waals surface area contributed by atoms with Crippen molar-refractivity contribution in [2.24, 2.45) is 0 Å². The second-order valence-corrected chi connectivity index (χ2v) is 5.29. The van der Waals surface area contributed by atoms with Gasteiger partial charge >= 0.3 is 0 Å². The molecule has 6 nitrogen and oxygen atoms in total. The largest absolute Gasteiger partial charge is 0.418 e. The number of nitrogens with zero attached hydrogens (tertiary/aromatic N) is 4. The predicted molar refractivity (Wildman–Crippen MR) is 79.9 cm³/mol. The maximum atomic E-state index is 5.82. The minimum Gasteiger partial charge on any atom is -0.418 e. The summed E-state index contributed by atoms with van der Waals surface area (Å²) in [5.41, 5.74) is 1.89. The normalized spacial score (nSPS) is 12.5.